The molecule has 4 rings (SSSR count). The van der Waals surface area contributed by atoms with Crippen LogP contribution in [0.4, 0.5) is 0 Å². The summed E-state index contributed by atoms with van der Waals surface area (Å²) in [7, 11) is 4.38. The number of fused-ring (bicyclic) bond motifs is 1. The zero-order chi connectivity index (χ0) is 18.8. The Balaban J connectivity index is 1.42. The van der Waals surface area contributed by atoms with Crippen molar-refractivity contribution in [3.05, 3.63) is 76.0 Å². The first-order valence-corrected chi connectivity index (χ1v) is 10.6. The minimum absolute atomic E-state index is 0.572. The van der Waals surface area contributed by atoms with Crippen molar-refractivity contribution >= 4 is 11.3 Å². The third kappa shape index (κ3) is 3.95. The van der Waals surface area contributed by atoms with Gasteiger partial charge >= 0.3 is 0 Å². The van der Waals surface area contributed by atoms with Crippen LogP contribution in [0.3, 0.4) is 0 Å². The molecule has 0 aliphatic heterocycles. The fraction of sp³-hybridized carbons (Fsp3) is 0.333. The molecule has 2 unspecified atom stereocenters. The lowest BCUT2D eigenvalue weighted by atomic mass is 9.80. The summed E-state index contributed by atoms with van der Waals surface area (Å²) in [5.74, 6) is 1.55. The summed E-state index contributed by atoms with van der Waals surface area (Å²) >= 11 is 1.73. The van der Waals surface area contributed by atoms with Crippen LogP contribution in [0.5, 0.6) is 5.75 Å². The van der Waals surface area contributed by atoms with E-state index < -0.39 is 0 Å². The number of nitrogens with zero attached hydrogens (tertiary/aromatic N) is 1. The third-order valence-corrected chi connectivity index (χ3v) is 6.45. The van der Waals surface area contributed by atoms with E-state index in [9.17, 15) is 0 Å². The maximum atomic E-state index is 6.09. The molecule has 3 aromatic rings. The Morgan fingerprint density at radius 3 is 2.56 bits per heavy atom. The number of aryl methyl sites for hydroxylation is 1. The van der Waals surface area contributed by atoms with Crippen molar-refractivity contribution in [3.63, 3.8) is 0 Å². The molecule has 0 radical (unpaired) electrons. The van der Waals surface area contributed by atoms with Crippen LogP contribution in [-0.2, 0) is 13.0 Å². The minimum atomic E-state index is 0.572. The SMILES string of the molecule is CC1c2ccc(OCc3ccc(-c4ccsc4)cc3)cc2CCC1N(C)C. The molecule has 0 amide bonds. The van der Waals surface area contributed by atoms with E-state index in [0.29, 0.717) is 18.6 Å². The Morgan fingerprint density at radius 1 is 1.04 bits per heavy atom. The lowest BCUT2D eigenvalue weighted by Gasteiger charge is -2.35. The van der Waals surface area contributed by atoms with Gasteiger partial charge in [-0.15, -0.1) is 0 Å². The van der Waals surface area contributed by atoms with Gasteiger partial charge in [-0.2, -0.15) is 11.3 Å². The number of hydrogen-bond donors (Lipinski definition) is 0. The lowest BCUT2D eigenvalue weighted by Crippen LogP contribution is -2.36. The molecule has 1 aliphatic carbocycles. The molecule has 140 valence electrons. The van der Waals surface area contributed by atoms with Crippen LogP contribution in [0.2, 0.25) is 0 Å². The molecule has 3 heteroatoms. The summed E-state index contributed by atoms with van der Waals surface area (Å²) in [5, 5.41) is 4.30. The molecule has 2 aromatic carbocycles. The van der Waals surface area contributed by atoms with Gasteiger partial charge in [0.2, 0.25) is 0 Å². The van der Waals surface area contributed by atoms with E-state index in [2.05, 4.69) is 85.2 Å². The van der Waals surface area contributed by atoms with Gasteiger partial charge in [0, 0.05) is 6.04 Å². The minimum Gasteiger partial charge on any atom is -0.489 e. The number of ether oxygens (including phenoxy) is 1. The van der Waals surface area contributed by atoms with Crippen molar-refractivity contribution in [2.75, 3.05) is 14.1 Å². The predicted octanol–water partition coefficient (Wildman–Crippen LogP) is 5.97. The molecule has 0 spiro atoms. The van der Waals surface area contributed by atoms with E-state index >= 15 is 0 Å². The van der Waals surface area contributed by atoms with Gasteiger partial charge in [-0.3, -0.25) is 0 Å². The largest absolute Gasteiger partial charge is 0.489 e. The normalized spacial score (nSPS) is 19.1. The molecule has 1 heterocycles. The number of benzene rings is 2. The van der Waals surface area contributed by atoms with Gasteiger partial charge < -0.3 is 9.64 Å². The molecular formula is C24H27NOS. The maximum Gasteiger partial charge on any atom is 0.120 e. The lowest BCUT2D eigenvalue weighted by molar-refractivity contribution is 0.236. The van der Waals surface area contributed by atoms with E-state index in [1.165, 1.54) is 34.2 Å². The van der Waals surface area contributed by atoms with E-state index in [0.717, 1.165) is 12.2 Å². The highest BCUT2D eigenvalue weighted by molar-refractivity contribution is 7.08. The second-order valence-corrected chi connectivity index (χ2v) is 8.50. The molecule has 2 atom stereocenters. The summed E-state index contributed by atoms with van der Waals surface area (Å²) in [5.41, 5.74) is 6.68. The van der Waals surface area contributed by atoms with Gasteiger partial charge in [-0.05, 0) is 89.6 Å². The van der Waals surface area contributed by atoms with E-state index in [4.69, 9.17) is 4.74 Å². The zero-order valence-corrected chi connectivity index (χ0v) is 17.1. The molecular weight excluding hydrogens is 350 g/mol. The van der Waals surface area contributed by atoms with Gasteiger partial charge in [0.05, 0.1) is 0 Å². The van der Waals surface area contributed by atoms with Crippen molar-refractivity contribution in [2.45, 2.75) is 38.3 Å². The number of likely N-dealkylation sites (N-methyl/N-ethyl adjacent to an activating group) is 1. The van der Waals surface area contributed by atoms with Gasteiger partial charge in [-0.25, -0.2) is 0 Å². The second kappa shape index (κ2) is 7.87. The first-order valence-electron chi connectivity index (χ1n) is 9.65. The Kier molecular flexibility index (Phi) is 5.33. The highest BCUT2D eigenvalue weighted by Gasteiger charge is 2.27. The molecule has 0 saturated carbocycles. The van der Waals surface area contributed by atoms with Crippen LogP contribution in [0.1, 0.15) is 36.0 Å². The van der Waals surface area contributed by atoms with Crippen molar-refractivity contribution in [1.29, 1.82) is 0 Å². The molecule has 0 saturated heterocycles. The highest BCUT2D eigenvalue weighted by atomic mass is 32.1. The standard InChI is InChI=1S/C24H27NOS/c1-17-23-10-9-22(14-20(23)8-11-24(17)25(2)3)26-15-18-4-6-19(7-5-18)21-12-13-27-16-21/h4-7,9-10,12-14,16-17,24H,8,11,15H2,1-3H3. The number of thiophene rings is 1. The average molecular weight is 378 g/mol. The van der Waals surface area contributed by atoms with Crippen LogP contribution < -0.4 is 4.74 Å². The maximum absolute atomic E-state index is 6.09. The first-order chi connectivity index (χ1) is 13.1. The van der Waals surface area contributed by atoms with Crippen molar-refractivity contribution in [1.82, 2.24) is 4.90 Å². The van der Waals surface area contributed by atoms with Crippen LogP contribution in [0.25, 0.3) is 11.1 Å². The summed E-state index contributed by atoms with van der Waals surface area (Å²) in [6.07, 6.45) is 2.35. The predicted molar refractivity (Wildman–Crippen MR) is 115 cm³/mol. The summed E-state index contributed by atoms with van der Waals surface area (Å²) in [4.78, 5) is 2.36. The smallest absolute Gasteiger partial charge is 0.120 e. The Hall–Kier alpha value is -2.10. The summed E-state index contributed by atoms with van der Waals surface area (Å²) < 4.78 is 6.09. The molecule has 2 nitrogen and oxygen atoms in total. The van der Waals surface area contributed by atoms with E-state index in [1.807, 2.05) is 0 Å². The van der Waals surface area contributed by atoms with Crippen LogP contribution in [0, 0.1) is 0 Å². The summed E-state index contributed by atoms with van der Waals surface area (Å²) in [6, 6.07) is 18.1. The van der Waals surface area contributed by atoms with Crippen LogP contribution >= 0.6 is 11.3 Å². The fourth-order valence-electron chi connectivity index (χ4n) is 4.19. The Bertz CT molecular complexity index is 883. The molecule has 0 fully saturated rings. The quantitative estimate of drug-likeness (QED) is 0.543. The molecule has 0 bridgehead atoms. The van der Waals surface area contributed by atoms with Crippen molar-refractivity contribution < 1.29 is 4.74 Å². The second-order valence-electron chi connectivity index (χ2n) is 7.72. The topological polar surface area (TPSA) is 12.5 Å². The monoisotopic (exact) mass is 377 g/mol. The molecule has 1 aliphatic rings. The third-order valence-electron chi connectivity index (χ3n) is 5.77. The molecule has 27 heavy (non-hydrogen) atoms. The van der Waals surface area contributed by atoms with Crippen LogP contribution in [0.15, 0.2) is 59.3 Å². The van der Waals surface area contributed by atoms with Gasteiger partial charge in [-0.1, -0.05) is 37.3 Å². The summed E-state index contributed by atoms with van der Waals surface area (Å²) in [6.45, 7) is 2.96. The fourth-order valence-corrected chi connectivity index (χ4v) is 4.85. The first kappa shape index (κ1) is 18.3. The van der Waals surface area contributed by atoms with Gasteiger partial charge in [0.15, 0.2) is 0 Å². The van der Waals surface area contributed by atoms with E-state index in [-0.39, 0.29) is 0 Å². The number of rotatable bonds is 5. The van der Waals surface area contributed by atoms with Crippen LogP contribution in [-0.4, -0.2) is 25.0 Å². The molecule has 1 aromatic heterocycles. The Morgan fingerprint density at radius 2 is 1.85 bits per heavy atom. The zero-order valence-electron chi connectivity index (χ0n) is 16.3. The Labute approximate surface area is 166 Å². The highest BCUT2D eigenvalue weighted by Crippen LogP contribution is 2.35. The van der Waals surface area contributed by atoms with E-state index in [1.54, 1.807) is 11.3 Å². The number of hydrogen-bond acceptors (Lipinski definition) is 3. The average Bonchev–Trinajstić information content (AvgIpc) is 3.21. The van der Waals surface area contributed by atoms with Gasteiger partial charge in [0.25, 0.3) is 0 Å². The van der Waals surface area contributed by atoms with Crippen molar-refractivity contribution in [2.24, 2.45) is 0 Å². The van der Waals surface area contributed by atoms with Gasteiger partial charge in [0.1, 0.15) is 12.4 Å². The van der Waals surface area contributed by atoms with Crippen molar-refractivity contribution in [3.8, 4) is 16.9 Å². The molecule has 0 N–H and O–H groups in total.